The molecule has 1 saturated heterocycles. The molecule has 9 nitrogen and oxygen atoms in total. The third-order valence-electron chi connectivity index (χ3n) is 5.47. The van der Waals surface area contributed by atoms with Crippen molar-refractivity contribution in [2.24, 2.45) is 4.99 Å². The number of hydrogen-bond donors (Lipinski definition) is 2. The molecule has 0 unspecified atom stereocenters. The van der Waals surface area contributed by atoms with Crippen molar-refractivity contribution < 1.29 is 14.1 Å². The Morgan fingerprint density at radius 1 is 1.23 bits per heavy atom. The lowest BCUT2D eigenvalue weighted by molar-refractivity contribution is 0.0448. The number of nitrogens with zero attached hydrogens (tertiary/aromatic N) is 4. The summed E-state index contributed by atoms with van der Waals surface area (Å²) in [6.07, 6.45) is 2.80. The zero-order chi connectivity index (χ0) is 22.2. The van der Waals surface area contributed by atoms with Gasteiger partial charge in [-0.1, -0.05) is 19.0 Å². The Bertz CT molecular complexity index is 678. The highest BCUT2D eigenvalue weighted by atomic mass is 127. The van der Waals surface area contributed by atoms with Crippen LogP contribution in [-0.2, 0) is 11.3 Å². The molecule has 1 amide bonds. The number of guanidine groups is 1. The van der Waals surface area contributed by atoms with Gasteiger partial charge >= 0.3 is 6.09 Å². The molecule has 1 aliphatic heterocycles. The van der Waals surface area contributed by atoms with Crippen molar-refractivity contribution in [1.82, 2.24) is 25.6 Å². The van der Waals surface area contributed by atoms with Crippen LogP contribution in [0.5, 0.6) is 0 Å². The maximum Gasteiger partial charge on any atom is 0.408 e. The van der Waals surface area contributed by atoms with Crippen molar-refractivity contribution in [3.05, 3.63) is 18.0 Å². The fourth-order valence-electron chi connectivity index (χ4n) is 3.49. The van der Waals surface area contributed by atoms with E-state index in [4.69, 9.17) is 9.26 Å². The first kappa shape index (κ1) is 27.5. The van der Waals surface area contributed by atoms with Gasteiger partial charge in [0.2, 0.25) is 0 Å². The van der Waals surface area contributed by atoms with Gasteiger partial charge in [-0.05, 0) is 33.6 Å². The molecular weight excluding hydrogens is 511 g/mol. The summed E-state index contributed by atoms with van der Waals surface area (Å²) in [6.45, 7) is 14.8. The number of piperazine rings is 1. The fourth-order valence-corrected chi connectivity index (χ4v) is 3.49. The molecule has 2 heterocycles. The van der Waals surface area contributed by atoms with Gasteiger partial charge in [-0.2, -0.15) is 0 Å². The van der Waals surface area contributed by atoms with Gasteiger partial charge in [0.25, 0.3) is 0 Å². The van der Waals surface area contributed by atoms with Gasteiger partial charge in [0.05, 0.1) is 11.2 Å². The Morgan fingerprint density at radius 2 is 1.87 bits per heavy atom. The number of nitrogens with one attached hydrogen (secondary N) is 2. The smallest absolute Gasteiger partial charge is 0.408 e. The highest BCUT2D eigenvalue weighted by Gasteiger charge is 2.31. The number of aliphatic imine (C=N–C) groups is 1. The van der Waals surface area contributed by atoms with Crippen LogP contribution in [0.3, 0.4) is 0 Å². The molecule has 1 aliphatic rings. The number of carbonyl (C=O) groups is 1. The molecule has 0 aliphatic carbocycles. The van der Waals surface area contributed by atoms with Crippen LogP contribution in [0.4, 0.5) is 4.79 Å². The number of rotatable bonds is 7. The zero-order valence-corrected chi connectivity index (χ0v) is 22.1. The molecule has 10 heteroatoms. The van der Waals surface area contributed by atoms with E-state index in [1.54, 1.807) is 13.3 Å². The molecule has 0 atom stereocenters. The van der Waals surface area contributed by atoms with Crippen LogP contribution in [0, 0.1) is 0 Å². The maximum atomic E-state index is 12.4. The van der Waals surface area contributed by atoms with Crippen LogP contribution in [-0.4, -0.2) is 77.9 Å². The molecule has 1 aromatic heterocycles. The minimum Gasteiger partial charge on any atom is -0.444 e. The lowest BCUT2D eigenvalue weighted by atomic mass is 9.93. The molecule has 0 bridgehead atoms. The fraction of sp³-hybridized carbons (Fsp3) is 0.762. The van der Waals surface area contributed by atoms with Gasteiger partial charge in [0.15, 0.2) is 5.96 Å². The first-order valence-corrected chi connectivity index (χ1v) is 10.8. The van der Waals surface area contributed by atoms with Gasteiger partial charge in [-0.15, -0.1) is 24.0 Å². The van der Waals surface area contributed by atoms with Crippen molar-refractivity contribution >= 4 is 36.0 Å². The summed E-state index contributed by atoms with van der Waals surface area (Å²) in [5, 5.41) is 10.5. The Morgan fingerprint density at radius 3 is 2.35 bits per heavy atom. The van der Waals surface area contributed by atoms with Crippen molar-refractivity contribution in [2.75, 3.05) is 39.8 Å². The largest absolute Gasteiger partial charge is 0.444 e. The van der Waals surface area contributed by atoms with Crippen LogP contribution >= 0.6 is 24.0 Å². The number of halogens is 1. The topological polar surface area (TPSA) is 95.2 Å². The molecule has 0 radical (unpaired) electrons. The van der Waals surface area contributed by atoms with E-state index in [2.05, 4.69) is 44.4 Å². The molecule has 1 fully saturated rings. The molecular formula is C21H39IN6O3. The summed E-state index contributed by atoms with van der Waals surface area (Å²) in [5.74, 6) is 0.855. The Hall–Kier alpha value is -1.56. The molecule has 178 valence electrons. The Kier molecular flexibility index (Phi) is 11.1. The second kappa shape index (κ2) is 12.5. The van der Waals surface area contributed by atoms with Gasteiger partial charge in [-0.25, -0.2) is 4.79 Å². The van der Waals surface area contributed by atoms with Crippen LogP contribution in [0.1, 0.15) is 53.2 Å². The summed E-state index contributed by atoms with van der Waals surface area (Å²) in [7, 11) is 1.80. The number of carbonyl (C=O) groups excluding carboxylic acids is 1. The zero-order valence-electron chi connectivity index (χ0n) is 19.7. The van der Waals surface area contributed by atoms with Gasteiger partial charge in [-0.3, -0.25) is 9.89 Å². The third kappa shape index (κ3) is 8.83. The second-order valence-corrected chi connectivity index (χ2v) is 8.77. The summed E-state index contributed by atoms with van der Waals surface area (Å²) < 4.78 is 10.4. The number of alkyl carbamates (subject to hydrolysis) is 1. The summed E-state index contributed by atoms with van der Waals surface area (Å²) in [6, 6.07) is 1.90. The lowest BCUT2D eigenvalue weighted by Crippen LogP contribution is -2.59. The Labute approximate surface area is 203 Å². The Balaban J connectivity index is 0.00000480. The minimum absolute atomic E-state index is 0. The van der Waals surface area contributed by atoms with Gasteiger partial charge in [0, 0.05) is 52.4 Å². The molecule has 0 saturated carbocycles. The minimum atomic E-state index is -0.521. The van der Waals surface area contributed by atoms with Crippen LogP contribution in [0.15, 0.2) is 21.8 Å². The quantitative estimate of drug-likeness (QED) is 0.306. The monoisotopic (exact) mass is 550 g/mol. The van der Waals surface area contributed by atoms with E-state index in [1.807, 2.05) is 26.8 Å². The number of ether oxygens (including phenoxy) is 1. The predicted molar refractivity (Wildman–Crippen MR) is 133 cm³/mol. The van der Waals surface area contributed by atoms with E-state index in [0.717, 1.165) is 57.2 Å². The highest BCUT2D eigenvalue weighted by molar-refractivity contribution is 14.0. The number of amides is 1. The lowest BCUT2D eigenvalue weighted by Gasteiger charge is -2.38. The van der Waals surface area contributed by atoms with E-state index in [9.17, 15) is 4.79 Å². The third-order valence-corrected chi connectivity index (χ3v) is 5.47. The van der Waals surface area contributed by atoms with Gasteiger partial charge in [0.1, 0.15) is 11.9 Å². The van der Waals surface area contributed by atoms with Crippen molar-refractivity contribution in [2.45, 2.75) is 65.1 Å². The maximum absolute atomic E-state index is 12.4. The van der Waals surface area contributed by atoms with Crippen LogP contribution in [0.2, 0.25) is 0 Å². The van der Waals surface area contributed by atoms with E-state index < -0.39 is 11.1 Å². The first-order chi connectivity index (χ1) is 14.2. The first-order valence-electron chi connectivity index (χ1n) is 10.8. The molecule has 2 N–H and O–H groups in total. The van der Waals surface area contributed by atoms with Crippen molar-refractivity contribution in [3.63, 3.8) is 0 Å². The SMILES string of the molecule is CCC(CC)(CNC(=NC)N1CCN(Cc2ccon2)CC1)NC(=O)OC(C)(C)C.I. The van der Waals surface area contributed by atoms with Crippen molar-refractivity contribution in [3.8, 4) is 0 Å². The standard InChI is InChI=1S/C21H38N6O3.HI/c1-7-21(8-2,24-19(28)30-20(3,4)5)16-23-18(22-6)27-12-10-26(11-13-27)15-17-9-14-29-25-17;/h9,14H,7-8,10-13,15-16H2,1-6H3,(H,22,23)(H,24,28);1H. The number of hydrogen-bond acceptors (Lipinski definition) is 6. The van der Waals surface area contributed by atoms with Gasteiger partial charge < -0.3 is 24.8 Å². The van der Waals surface area contributed by atoms with Crippen LogP contribution < -0.4 is 10.6 Å². The van der Waals surface area contributed by atoms with E-state index in [1.165, 1.54) is 0 Å². The average molecular weight is 550 g/mol. The summed E-state index contributed by atoms with van der Waals surface area (Å²) in [4.78, 5) is 21.4. The summed E-state index contributed by atoms with van der Waals surface area (Å²) >= 11 is 0. The van der Waals surface area contributed by atoms with E-state index in [0.29, 0.717) is 6.54 Å². The van der Waals surface area contributed by atoms with Crippen molar-refractivity contribution in [1.29, 1.82) is 0 Å². The number of aromatic nitrogens is 1. The average Bonchev–Trinajstić information content (AvgIpc) is 3.20. The van der Waals surface area contributed by atoms with E-state index in [-0.39, 0.29) is 30.1 Å². The van der Waals surface area contributed by atoms with E-state index >= 15 is 0 Å². The predicted octanol–water partition coefficient (Wildman–Crippen LogP) is 3.07. The molecule has 2 rings (SSSR count). The molecule has 0 spiro atoms. The van der Waals surface area contributed by atoms with Crippen LogP contribution in [0.25, 0.3) is 0 Å². The highest BCUT2D eigenvalue weighted by Crippen LogP contribution is 2.17. The molecule has 1 aromatic rings. The second-order valence-electron chi connectivity index (χ2n) is 8.77. The summed E-state index contributed by atoms with van der Waals surface area (Å²) in [5.41, 5.74) is 0.0364. The molecule has 0 aromatic carbocycles. The normalized spacial score (nSPS) is 15.9. The molecule has 31 heavy (non-hydrogen) atoms.